The number of aromatic hydroxyl groups is 2. The van der Waals surface area contributed by atoms with E-state index in [-0.39, 0.29) is 11.4 Å². The number of aryl methyl sites for hydroxylation is 1. The van der Waals surface area contributed by atoms with Crippen molar-refractivity contribution in [1.29, 1.82) is 0 Å². The van der Waals surface area contributed by atoms with E-state index in [2.05, 4.69) is 15.3 Å². The molecular weight excluding hydrogens is 330 g/mol. The molecule has 7 heteroatoms. The molecule has 2 aromatic heterocycles. The van der Waals surface area contributed by atoms with Crippen molar-refractivity contribution < 1.29 is 15.0 Å². The smallest absolute Gasteiger partial charge is 0.256 e. The third-order valence-corrected chi connectivity index (χ3v) is 4.12. The second kappa shape index (κ2) is 6.33. The molecule has 0 aliphatic rings. The largest absolute Gasteiger partial charge is 0.505 e. The zero-order valence-electron chi connectivity index (χ0n) is 12.7. The molecule has 0 fully saturated rings. The maximum Gasteiger partial charge on any atom is 0.256 e. The van der Waals surface area contributed by atoms with Crippen LogP contribution in [0.4, 0.5) is 5.69 Å². The summed E-state index contributed by atoms with van der Waals surface area (Å²) in [5.74, 6) is -1.31. The van der Waals surface area contributed by atoms with Crippen molar-refractivity contribution in [2.45, 2.75) is 13.3 Å². The van der Waals surface area contributed by atoms with Crippen LogP contribution in [-0.4, -0.2) is 26.1 Å². The Labute approximate surface area is 142 Å². The van der Waals surface area contributed by atoms with Gasteiger partial charge in [-0.05, 0) is 30.2 Å². The summed E-state index contributed by atoms with van der Waals surface area (Å²) in [6.45, 7) is 1.93. The molecule has 0 aliphatic heterocycles. The Hall–Kier alpha value is -2.86. The number of nitrogens with zero attached hydrogens (tertiary/aromatic N) is 2. The van der Waals surface area contributed by atoms with Gasteiger partial charge in [0.1, 0.15) is 5.69 Å². The van der Waals surface area contributed by atoms with Crippen LogP contribution in [0.3, 0.4) is 0 Å². The maximum atomic E-state index is 12.2. The number of carbonyl (C=O) groups excluding carboxylic acids is 1. The van der Waals surface area contributed by atoms with E-state index < -0.39 is 11.8 Å². The van der Waals surface area contributed by atoms with Gasteiger partial charge in [-0.1, -0.05) is 24.6 Å². The molecule has 1 amide bonds. The molecule has 6 nitrogen and oxygen atoms in total. The molecule has 0 bridgehead atoms. The first-order chi connectivity index (χ1) is 11.5. The lowest BCUT2D eigenvalue weighted by molar-refractivity contribution is 0.102. The van der Waals surface area contributed by atoms with Crippen molar-refractivity contribution in [3.05, 3.63) is 52.8 Å². The van der Waals surface area contributed by atoms with Crippen LogP contribution in [0.5, 0.6) is 11.6 Å². The maximum absolute atomic E-state index is 12.2. The molecule has 0 aliphatic carbocycles. The Morgan fingerprint density at radius 2 is 1.92 bits per heavy atom. The van der Waals surface area contributed by atoms with Crippen molar-refractivity contribution in [3.63, 3.8) is 0 Å². The number of anilines is 1. The van der Waals surface area contributed by atoms with Crippen LogP contribution in [0.2, 0.25) is 5.02 Å². The molecular formula is C17H14ClN3O3. The summed E-state index contributed by atoms with van der Waals surface area (Å²) in [6.07, 6.45) is 3.61. The summed E-state index contributed by atoms with van der Waals surface area (Å²) in [6, 6.07) is 6.47. The van der Waals surface area contributed by atoms with Crippen molar-refractivity contribution >= 4 is 34.1 Å². The van der Waals surface area contributed by atoms with Crippen LogP contribution in [0.15, 0.2) is 36.7 Å². The van der Waals surface area contributed by atoms with Crippen LogP contribution in [0.25, 0.3) is 10.9 Å². The van der Waals surface area contributed by atoms with E-state index in [1.54, 1.807) is 12.1 Å². The minimum Gasteiger partial charge on any atom is -0.505 e. The Morgan fingerprint density at radius 1 is 1.21 bits per heavy atom. The highest BCUT2D eigenvalue weighted by molar-refractivity contribution is 6.37. The SMILES string of the molecule is CCc1ccc2nc(O)c(NC(=O)c3ccncc3)c(O)c2c1Cl. The molecule has 3 aromatic rings. The number of nitrogens with one attached hydrogen (secondary N) is 1. The summed E-state index contributed by atoms with van der Waals surface area (Å²) in [4.78, 5) is 20.1. The van der Waals surface area contributed by atoms with Gasteiger partial charge in [-0.3, -0.25) is 9.78 Å². The highest BCUT2D eigenvalue weighted by Crippen LogP contribution is 2.42. The fraction of sp³-hybridized carbons (Fsp3) is 0.118. The van der Waals surface area contributed by atoms with Gasteiger partial charge in [0, 0.05) is 18.0 Å². The molecule has 0 spiro atoms. The van der Waals surface area contributed by atoms with E-state index in [4.69, 9.17) is 11.6 Å². The van der Waals surface area contributed by atoms with Gasteiger partial charge in [0.25, 0.3) is 5.91 Å². The third kappa shape index (κ3) is 2.72. The average Bonchev–Trinajstić information content (AvgIpc) is 2.59. The normalized spacial score (nSPS) is 10.8. The van der Waals surface area contributed by atoms with Crippen molar-refractivity contribution in [1.82, 2.24) is 9.97 Å². The van der Waals surface area contributed by atoms with Gasteiger partial charge < -0.3 is 15.5 Å². The van der Waals surface area contributed by atoms with Crippen LogP contribution in [0.1, 0.15) is 22.8 Å². The summed E-state index contributed by atoms with van der Waals surface area (Å²) in [5, 5.41) is 23.7. The standard InChI is InChI=1S/C17H14ClN3O3/c1-2-9-3-4-11-12(13(9)18)15(22)14(17(24)20-11)21-16(23)10-5-7-19-8-6-10/h3-8H,2H2,1H3,(H,21,23)(H2,20,22,24). The molecule has 0 saturated carbocycles. The second-order valence-electron chi connectivity index (χ2n) is 5.14. The monoisotopic (exact) mass is 343 g/mol. The van der Waals surface area contributed by atoms with Gasteiger partial charge in [0.2, 0.25) is 5.88 Å². The van der Waals surface area contributed by atoms with Gasteiger partial charge in [-0.25, -0.2) is 4.98 Å². The van der Waals surface area contributed by atoms with Gasteiger partial charge in [-0.2, -0.15) is 0 Å². The van der Waals surface area contributed by atoms with Gasteiger partial charge >= 0.3 is 0 Å². The van der Waals surface area contributed by atoms with E-state index >= 15 is 0 Å². The van der Waals surface area contributed by atoms with E-state index in [9.17, 15) is 15.0 Å². The van der Waals surface area contributed by atoms with Crippen molar-refractivity contribution in [3.8, 4) is 11.6 Å². The zero-order valence-corrected chi connectivity index (χ0v) is 13.5. The topological polar surface area (TPSA) is 95.3 Å². The first kappa shape index (κ1) is 16.0. The number of aromatic nitrogens is 2. The number of hydrogen-bond acceptors (Lipinski definition) is 5. The lowest BCUT2D eigenvalue weighted by Crippen LogP contribution is -2.12. The highest BCUT2D eigenvalue weighted by Gasteiger charge is 2.20. The van der Waals surface area contributed by atoms with Crippen LogP contribution in [0, 0.1) is 0 Å². The molecule has 0 atom stereocenters. The molecule has 0 unspecified atom stereocenters. The summed E-state index contributed by atoms with van der Waals surface area (Å²) < 4.78 is 0. The number of benzene rings is 1. The Kier molecular flexibility index (Phi) is 4.22. The fourth-order valence-electron chi connectivity index (χ4n) is 2.41. The lowest BCUT2D eigenvalue weighted by atomic mass is 10.1. The Balaban J connectivity index is 2.11. The Morgan fingerprint density at radius 3 is 2.58 bits per heavy atom. The number of amides is 1. The molecule has 1 aromatic carbocycles. The molecule has 3 N–H and O–H groups in total. The predicted octanol–water partition coefficient (Wildman–Crippen LogP) is 3.51. The molecule has 2 heterocycles. The number of halogens is 1. The minimum absolute atomic E-state index is 0.181. The highest BCUT2D eigenvalue weighted by atomic mass is 35.5. The van der Waals surface area contributed by atoms with E-state index in [0.29, 0.717) is 27.9 Å². The zero-order chi connectivity index (χ0) is 17.3. The number of carbonyl (C=O) groups is 1. The van der Waals surface area contributed by atoms with Gasteiger partial charge in [-0.15, -0.1) is 0 Å². The summed E-state index contributed by atoms with van der Waals surface area (Å²) in [5.41, 5.74) is 1.32. The second-order valence-corrected chi connectivity index (χ2v) is 5.51. The first-order valence-electron chi connectivity index (χ1n) is 7.27. The molecule has 24 heavy (non-hydrogen) atoms. The van der Waals surface area contributed by atoms with Gasteiger partial charge in [0.15, 0.2) is 5.75 Å². The molecule has 3 rings (SSSR count). The van der Waals surface area contributed by atoms with E-state index in [1.807, 2.05) is 6.92 Å². The first-order valence-corrected chi connectivity index (χ1v) is 7.65. The fourth-order valence-corrected chi connectivity index (χ4v) is 2.79. The third-order valence-electron chi connectivity index (χ3n) is 3.69. The molecule has 0 saturated heterocycles. The quantitative estimate of drug-likeness (QED) is 0.676. The number of hydrogen-bond donors (Lipinski definition) is 3. The predicted molar refractivity (Wildman–Crippen MR) is 91.7 cm³/mol. The van der Waals surface area contributed by atoms with Crippen molar-refractivity contribution in [2.75, 3.05) is 5.32 Å². The van der Waals surface area contributed by atoms with Crippen molar-refractivity contribution in [2.24, 2.45) is 0 Å². The molecule has 0 radical (unpaired) electrons. The number of pyridine rings is 2. The van der Waals surface area contributed by atoms with Gasteiger partial charge in [0.05, 0.1) is 15.9 Å². The summed E-state index contributed by atoms with van der Waals surface area (Å²) >= 11 is 6.32. The van der Waals surface area contributed by atoms with Crippen LogP contribution >= 0.6 is 11.6 Å². The number of fused-ring (bicyclic) bond motifs is 1. The molecule has 122 valence electrons. The lowest BCUT2D eigenvalue weighted by Gasteiger charge is -2.13. The van der Waals surface area contributed by atoms with E-state index in [0.717, 1.165) is 5.56 Å². The van der Waals surface area contributed by atoms with Crippen LogP contribution < -0.4 is 5.32 Å². The summed E-state index contributed by atoms with van der Waals surface area (Å²) in [7, 11) is 0. The average molecular weight is 344 g/mol. The van der Waals surface area contributed by atoms with E-state index in [1.165, 1.54) is 24.5 Å². The Bertz CT molecular complexity index is 930. The van der Waals surface area contributed by atoms with Crippen LogP contribution in [-0.2, 0) is 6.42 Å². The minimum atomic E-state index is -0.507. The number of rotatable bonds is 3.